The average molecular weight is 203 g/mol. The van der Waals surface area contributed by atoms with Crippen LogP contribution in [0.2, 0.25) is 5.02 Å². The van der Waals surface area contributed by atoms with Gasteiger partial charge in [-0.25, -0.2) is 4.39 Å². The number of hydrogen-bond donors (Lipinski definition) is 1. The number of aryl methyl sites for hydroxylation is 1. The third-order valence-electron chi connectivity index (χ3n) is 1.87. The number of halogens is 2. The van der Waals surface area contributed by atoms with Crippen molar-refractivity contribution in [3.63, 3.8) is 0 Å². The van der Waals surface area contributed by atoms with Gasteiger partial charge < -0.3 is 5.11 Å². The second-order valence-corrected chi connectivity index (χ2v) is 3.60. The zero-order chi connectivity index (χ0) is 10.0. The Bertz CT molecular complexity index is 310. The van der Waals surface area contributed by atoms with Crippen LogP contribution in [0.3, 0.4) is 0 Å². The molecule has 0 saturated heterocycles. The van der Waals surface area contributed by atoms with Gasteiger partial charge in [0.05, 0.1) is 11.1 Å². The smallest absolute Gasteiger partial charge is 0.144 e. The van der Waals surface area contributed by atoms with Crippen molar-refractivity contribution in [2.24, 2.45) is 0 Å². The molecule has 0 aliphatic heterocycles. The maximum Gasteiger partial charge on any atom is 0.144 e. The summed E-state index contributed by atoms with van der Waals surface area (Å²) in [7, 11) is 0. The van der Waals surface area contributed by atoms with Crippen LogP contribution in [0.4, 0.5) is 4.39 Å². The van der Waals surface area contributed by atoms with Crippen molar-refractivity contribution in [2.45, 2.75) is 26.4 Å². The van der Waals surface area contributed by atoms with Gasteiger partial charge in [-0.15, -0.1) is 0 Å². The molecular weight excluding hydrogens is 191 g/mol. The quantitative estimate of drug-likeness (QED) is 0.782. The van der Waals surface area contributed by atoms with Crippen molar-refractivity contribution < 1.29 is 9.50 Å². The fourth-order valence-electron chi connectivity index (χ4n) is 1.16. The first kappa shape index (κ1) is 10.5. The molecule has 0 aliphatic rings. The van der Waals surface area contributed by atoms with Crippen molar-refractivity contribution in [1.82, 2.24) is 0 Å². The van der Waals surface area contributed by atoms with Crippen LogP contribution in [0.25, 0.3) is 0 Å². The first-order valence-electron chi connectivity index (χ1n) is 4.14. The molecule has 0 bridgehead atoms. The molecule has 1 rings (SSSR count). The van der Waals surface area contributed by atoms with E-state index in [4.69, 9.17) is 16.7 Å². The fourth-order valence-corrected chi connectivity index (χ4v) is 1.45. The van der Waals surface area contributed by atoms with Crippen LogP contribution < -0.4 is 0 Å². The van der Waals surface area contributed by atoms with Gasteiger partial charge in [-0.1, -0.05) is 23.7 Å². The van der Waals surface area contributed by atoms with Crippen LogP contribution in [-0.4, -0.2) is 11.2 Å². The predicted octanol–water partition coefficient (Wildman–Crippen LogP) is 2.71. The highest BCUT2D eigenvalue weighted by Crippen LogP contribution is 2.23. The van der Waals surface area contributed by atoms with Crippen LogP contribution in [0.1, 0.15) is 18.1 Å². The van der Waals surface area contributed by atoms with Crippen molar-refractivity contribution in [2.75, 3.05) is 0 Å². The third-order valence-corrected chi connectivity index (χ3v) is 2.28. The van der Waals surface area contributed by atoms with Gasteiger partial charge in [0, 0.05) is 0 Å². The summed E-state index contributed by atoms with van der Waals surface area (Å²) in [6, 6.07) is 3.41. The molecule has 0 heterocycles. The van der Waals surface area contributed by atoms with E-state index in [2.05, 4.69) is 0 Å². The van der Waals surface area contributed by atoms with Gasteiger partial charge in [0.1, 0.15) is 5.82 Å². The summed E-state index contributed by atoms with van der Waals surface area (Å²) in [4.78, 5) is 0. The zero-order valence-electron chi connectivity index (χ0n) is 7.64. The van der Waals surface area contributed by atoms with Gasteiger partial charge in [0.25, 0.3) is 0 Å². The summed E-state index contributed by atoms with van der Waals surface area (Å²) in [6.07, 6.45) is -0.115. The second-order valence-electron chi connectivity index (χ2n) is 3.22. The Morgan fingerprint density at radius 3 is 2.69 bits per heavy atom. The van der Waals surface area contributed by atoms with Crippen LogP contribution >= 0.6 is 11.6 Å². The first-order valence-corrected chi connectivity index (χ1v) is 4.51. The summed E-state index contributed by atoms with van der Waals surface area (Å²) >= 11 is 5.76. The van der Waals surface area contributed by atoms with Crippen molar-refractivity contribution in [1.29, 1.82) is 0 Å². The normalized spacial score (nSPS) is 13.0. The molecule has 72 valence electrons. The molecule has 0 spiro atoms. The summed E-state index contributed by atoms with van der Waals surface area (Å²) in [5.41, 5.74) is 1.18. The Balaban J connectivity index is 3.04. The lowest BCUT2D eigenvalue weighted by atomic mass is 10.1. The molecule has 1 aromatic carbocycles. The summed E-state index contributed by atoms with van der Waals surface area (Å²) in [5, 5.41) is 9.24. The Labute approximate surface area is 82.2 Å². The second kappa shape index (κ2) is 4.07. The van der Waals surface area contributed by atoms with Crippen molar-refractivity contribution >= 4 is 11.6 Å². The molecule has 13 heavy (non-hydrogen) atoms. The number of hydrogen-bond acceptors (Lipinski definition) is 1. The minimum atomic E-state index is -0.500. The molecule has 1 N–H and O–H groups in total. The van der Waals surface area contributed by atoms with E-state index >= 15 is 0 Å². The Hall–Kier alpha value is -0.600. The van der Waals surface area contributed by atoms with Crippen LogP contribution in [-0.2, 0) is 6.42 Å². The van der Waals surface area contributed by atoms with Gasteiger partial charge >= 0.3 is 0 Å². The monoisotopic (exact) mass is 202 g/mol. The molecule has 0 fully saturated rings. The Morgan fingerprint density at radius 1 is 1.54 bits per heavy atom. The summed E-state index contributed by atoms with van der Waals surface area (Å²) in [5.74, 6) is -0.389. The lowest BCUT2D eigenvalue weighted by molar-refractivity contribution is 0.195. The molecule has 1 unspecified atom stereocenters. The highest BCUT2D eigenvalue weighted by molar-refractivity contribution is 6.31. The van der Waals surface area contributed by atoms with E-state index < -0.39 is 6.10 Å². The van der Waals surface area contributed by atoms with E-state index in [9.17, 15) is 4.39 Å². The topological polar surface area (TPSA) is 20.2 Å². The van der Waals surface area contributed by atoms with Crippen LogP contribution in [0.15, 0.2) is 12.1 Å². The number of benzene rings is 1. The maximum absolute atomic E-state index is 13.2. The largest absolute Gasteiger partial charge is 0.393 e. The van der Waals surface area contributed by atoms with Gasteiger partial charge in [-0.3, -0.25) is 0 Å². The molecule has 1 atom stereocenters. The average Bonchev–Trinajstić information content (AvgIpc) is 2.06. The number of aliphatic hydroxyl groups is 1. The summed E-state index contributed by atoms with van der Waals surface area (Å²) in [6.45, 7) is 3.31. The molecule has 1 aromatic rings. The Kier molecular flexibility index (Phi) is 3.28. The molecular formula is C10H12ClFO. The number of aliphatic hydroxyl groups excluding tert-OH is 1. The van der Waals surface area contributed by atoms with Gasteiger partial charge in [-0.2, -0.15) is 0 Å². The predicted molar refractivity (Wildman–Crippen MR) is 51.5 cm³/mol. The molecule has 0 aromatic heterocycles. The Morgan fingerprint density at radius 2 is 2.15 bits per heavy atom. The summed E-state index contributed by atoms with van der Waals surface area (Å²) < 4.78 is 13.2. The highest BCUT2D eigenvalue weighted by Gasteiger charge is 2.10. The standard InChI is InChI=1S/C10H12ClFO/c1-6-3-4-8(5-7(2)13)9(11)10(6)12/h3-4,7,13H,5H2,1-2H3. The zero-order valence-corrected chi connectivity index (χ0v) is 8.40. The van der Waals surface area contributed by atoms with Crippen LogP contribution in [0, 0.1) is 12.7 Å². The lowest BCUT2D eigenvalue weighted by Crippen LogP contribution is -2.05. The molecule has 3 heteroatoms. The van der Waals surface area contributed by atoms with Crippen molar-refractivity contribution in [3.8, 4) is 0 Å². The van der Waals surface area contributed by atoms with Crippen molar-refractivity contribution in [3.05, 3.63) is 34.1 Å². The fraction of sp³-hybridized carbons (Fsp3) is 0.400. The third kappa shape index (κ3) is 2.42. The van der Waals surface area contributed by atoms with E-state index in [0.717, 1.165) is 0 Å². The SMILES string of the molecule is Cc1ccc(CC(C)O)c(Cl)c1F. The van der Waals surface area contributed by atoms with Gasteiger partial charge in [0.2, 0.25) is 0 Å². The molecule has 1 nitrogen and oxygen atoms in total. The van der Waals surface area contributed by atoms with E-state index in [1.807, 2.05) is 0 Å². The highest BCUT2D eigenvalue weighted by atomic mass is 35.5. The first-order chi connectivity index (χ1) is 6.02. The minimum Gasteiger partial charge on any atom is -0.393 e. The van der Waals surface area contributed by atoms with E-state index in [-0.39, 0.29) is 10.8 Å². The molecule has 0 amide bonds. The lowest BCUT2D eigenvalue weighted by Gasteiger charge is -2.08. The molecule has 0 aliphatic carbocycles. The van der Waals surface area contributed by atoms with Gasteiger partial charge in [0.15, 0.2) is 0 Å². The molecule has 0 radical (unpaired) electrons. The molecule has 0 saturated carbocycles. The van der Waals surface area contributed by atoms with E-state index in [1.54, 1.807) is 26.0 Å². The van der Waals surface area contributed by atoms with Crippen LogP contribution in [0.5, 0.6) is 0 Å². The van der Waals surface area contributed by atoms with E-state index in [0.29, 0.717) is 17.5 Å². The van der Waals surface area contributed by atoms with E-state index in [1.165, 1.54) is 0 Å². The number of rotatable bonds is 2. The van der Waals surface area contributed by atoms with Gasteiger partial charge in [-0.05, 0) is 31.4 Å². The minimum absolute atomic E-state index is 0.126. The maximum atomic E-state index is 13.2.